The van der Waals surface area contributed by atoms with Gasteiger partial charge in [0.1, 0.15) is 23.7 Å². The standard InChI is InChI=1S/C46H58N10O2/c1-5-54(6-2)41(35-12-8-7-9-13-35)45(58)56-27-11-15-39(56)43-50-29-37(52-43)34-22-18-32(19-23-34)31-16-20-33(21-17-31)36-28-49-42(51-36)38-14-10-26-55(38)44(57)40(30(3)4)53-46-47-24-25-48-46/h7-9,12-13,16-23,28,30,37-41H,5-6,10-11,14-15,24-27,29H2,1-4H3,(H,49,51)(H,50,52)(H2,47,48,53)/t37?,38-,39-,40-,41+/m0/s1. The van der Waals surface area contributed by atoms with E-state index >= 15 is 0 Å². The third-order valence-electron chi connectivity index (χ3n) is 12.3. The van der Waals surface area contributed by atoms with E-state index in [2.05, 4.69) is 124 Å². The molecule has 0 saturated carbocycles. The van der Waals surface area contributed by atoms with Crippen LogP contribution in [0.2, 0.25) is 0 Å². The van der Waals surface area contributed by atoms with Crippen LogP contribution in [-0.2, 0) is 9.59 Å². The zero-order valence-electron chi connectivity index (χ0n) is 34.3. The lowest BCUT2D eigenvalue weighted by Gasteiger charge is -2.35. The van der Waals surface area contributed by atoms with Crippen LogP contribution in [0.15, 0.2) is 95.0 Å². The Hall–Kier alpha value is -5.49. The molecule has 0 bridgehead atoms. The molecular weight excluding hydrogens is 725 g/mol. The van der Waals surface area contributed by atoms with Crippen molar-refractivity contribution in [3.05, 3.63) is 102 Å². The van der Waals surface area contributed by atoms with Gasteiger partial charge in [0.05, 0.1) is 43.1 Å². The van der Waals surface area contributed by atoms with Gasteiger partial charge in [0, 0.05) is 19.6 Å². The first kappa shape index (κ1) is 39.3. The minimum Gasteiger partial charge on any atom is -0.363 e. The van der Waals surface area contributed by atoms with Crippen molar-refractivity contribution < 1.29 is 9.59 Å². The van der Waals surface area contributed by atoms with Gasteiger partial charge in [-0.25, -0.2) is 4.98 Å². The van der Waals surface area contributed by atoms with Crippen molar-refractivity contribution in [2.24, 2.45) is 15.9 Å². The monoisotopic (exact) mass is 782 g/mol. The van der Waals surface area contributed by atoms with Crippen LogP contribution in [-0.4, -0.2) is 106 Å². The second kappa shape index (κ2) is 17.6. The molecule has 2 fully saturated rings. The van der Waals surface area contributed by atoms with Crippen LogP contribution < -0.4 is 16.0 Å². The molecular formula is C46H58N10O2. The molecule has 4 N–H and O–H groups in total. The number of likely N-dealkylation sites (tertiary alicyclic amines) is 2. The highest BCUT2D eigenvalue weighted by atomic mass is 16.2. The average Bonchev–Trinajstić information content (AvgIpc) is 4.12. The highest BCUT2D eigenvalue weighted by Gasteiger charge is 2.40. The molecule has 4 aromatic rings. The highest BCUT2D eigenvalue weighted by Crippen LogP contribution is 2.34. The number of benzene rings is 3. The number of nitrogens with one attached hydrogen (secondary N) is 4. The molecule has 0 aliphatic carbocycles. The van der Waals surface area contributed by atoms with Crippen LogP contribution >= 0.6 is 0 Å². The quantitative estimate of drug-likeness (QED) is 0.129. The second-order valence-electron chi connectivity index (χ2n) is 16.2. The lowest BCUT2D eigenvalue weighted by Crippen LogP contribution is -2.53. The van der Waals surface area contributed by atoms with Crippen molar-refractivity contribution >= 4 is 23.6 Å². The number of carbonyl (C=O) groups is 2. The van der Waals surface area contributed by atoms with Gasteiger partial charge in [-0.3, -0.25) is 24.5 Å². The fraction of sp³-hybridized carbons (Fsp3) is 0.457. The summed E-state index contributed by atoms with van der Waals surface area (Å²) in [7, 11) is 0. The zero-order chi connectivity index (χ0) is 40.2. The molecule has 5 heterocycles. The van der Waals surface area contributed by atoms with Crippen LogP contribution in [0.1, 0.15) is 88.5 Å². The molecule has 2 amide bonds. The lowest BCUT2D eigenvalue weighted by molar-refractivity contribution is -0.137. The molecule has 1 aromatic heterocycles. The number of amidine groups is 1. The van der Waals surface area contributed by atoms with Crippen molar-refractivity contribution in [2.45, 2.75) is 83.6 Å². The van der Waals surface area contributed by atoms with Crippen molar-refractivity contribution in [2.75, 3.05) is 45.8 Å². The molecule has 0 spiro atoms. The van der Waals surface area contributed by atoms with E-state index < -0.39 is 0 Å². The number of imidazole rings is 1. The Morgan fingerprint density at radius 3 is 2.14 bits per heavy atom. The number of hydrogen-bond donors (Lipinski definition) is 4. The average molecular weight is 783 g/mol. The van der Waals surface area contributed by atoms with Crippen LogP contribution in [0.25, 0.3) is 22.4 Å². The minimum atomic E-state index is -0.350. The van der Waals surface area contributed by atoms with E-state index in [0.29, 0.717) is 12.5 Å². The Bertz CT molecular complexity index is 2090. The number of guanidine groups is 1. The van der Waals surface area contributed by atoms with Crippen LogP contribution in [0, 0.1) is 5.92 Å². The number of hydrogen-bond acceptors (Lipinski definition) is 9. The van der Waals surface area contributed by atoms with Crippen molar-refractivity contribution in [1.29, 1.82) is 0 Å². The van der Waals surface area contributed by atoms with Gasteiger partial charge in [-0.1, -0.05) is 107 Å². The Balaban J connectivity index is 0.891. The smallest absolute Gasteiger partial charge is 0.246 e. The van der Waals surface area contributed by atoms with Crippen molar-refractivity contribution in [1.82, 2.24) is 40.6 Å². The number of likely N-dealkylation sites (N-methyl/N-ethyl adjacent to an activating group) is 1. The lowest BCUT2D eigenvalue weighted by atomic mass is 9.99. The maximum Gasteiger partial charge on any atom is 0.246 e. The van der Waals surface area contributed by atoms with Gasteiger partial charge in [-0.05, 0) is 72.5 Å². The summed E-state index contributed by atoms with van der Waals surface area (Å²) in [6.07, 6.45) is 5.60. The fourth-order valence-corrected chi connectivity index (χ4v) is 9.11. The van der Waals surface area contributed by atoms with Gasteiger partial charge in [0.2, 0.25) is 11.8 Å². The number of carbonyl (C=O) groups excluding carboxylic acids is 2. The predicted molar refractivity (Wildman–Crippen MR) is 230 cm³/mol. The summed E-state index contributed by atoms with van der Waals surface area (Å²) in [5.74, 6) is 2.84. The molecule has 304 valence electrons. The third kappa shape index (κ3) is 8.12. The van der Waals surface area contributed by atoms with Gasteiger partial charge in [0.15, 0.2) is 5.96 Å². The number of aliphatic imine (C=N–C) groups is 2. The Morgan fingerprint density at radius 1 is 0.828 bits per heavy atom. The highest BCUT2D eigenvalue weighted by molar-refractivity contribution is 5.95. The molecule has 4 aliphatic rings. The van der Waals surface area contributed by atoms with Gasteiger partial charge in [-0.15, -0.1) is 0 Å². The van der Waals surface area contributed by atoms with Crippen LogP contribution in [0.3, 0.4) is 0 Å². The third-order valence-corrected chi connectivity index (χ3v) is 12.3. The number of rotatable bonds is 13. The molecule has 58 heavy (non-hydrogen) atoms. The molecule has 4 aliphatic heterocycles. The largest absolute Gasteiger partial charge is 0.363 e. The number of aromatic amines is 1. The fourth-order valence-electron chi connectivity index (χ4n) is 9.11. The normalized spacial score (nSPS) is 21.5. The van der Waals surface area contributed by atoms with E-state index in [0.717, 1.165) is 105 Å². The van der Waals surface area contributed by atoms with Crippen LogP contribution in [0.5, 0.6) is 0 Å². The SMILES string of the molecule is CCN(CC)[C@@H](C(=O)N1CCC[C@H]1C1=NCC(c2ccc(-c3ccc(-c4cnc([C@@H]5CCCN5C(=O)[C@@H](NC5=NCCN5)C(C)C)[nH]4)cc3)cc2)N1)c1ccccc1. The van der Waals surface area contributed by atoms with Gasteiger partial charge >= 0.3 is 0 Å². The van der Waals surface area contributed by atoms with E-state index in [-0.39, 0.29) is 47.9 Å². The summed E-state index contributed by atoms with van der Waals surface area (Å²) in [4.78, 5) is 52.1. The summed E-state index contributed by atoms with van der Waals surface area (Å²) in [6.45, 7) is 13.7. The number of nitrogens with zero attached hydrogens (tertiary/aromatic N) is 6. The van der Waals surface area contributed by atoms with E-state index in [1.54, 1.807) is 0 Å². The first-order valence-electron chi connectivity index (χ1n) is 21.3. The van der Waals surface area contributed by atoms with E-state index in [1.165, 1.54) is 5.56 Å². The molecule has 12 nitrogen and oxygen atoms in total. The van der Waals surface area contributed by atoms with E-state index in [1.807, 2.05) is 29.3 Å². The molecule has 12 heteroatoms. The summed E-state index contributed by atoms with van der Waals surface area (Å²) in [5, 5.41) is 10.3. The minimum absolute atomic E-state index is 0.0305. The summed E-state index contributed by atoms with van der Waals surface area (Å²) < 4.78 is 0. The first-order chi connectivity index (χ1) is 28.3. The number of H-pyrrole nitrogens is 1. The van der Waals surface area contributed by atoms with Gasteiger partial charge < -0.3 is 30.7 Å². The first-order valence-corrected chi connectivity index (χ1v) is 21.3. The van der Waals surface area contributed by atoms with Gasteiger partial charge in [-0.2, -0.15) is 0 Å². The number of amides is 2. The topological polar surface area (TPSA) is 133 Å². The summed E-state index contributed by atoms with van der Waals surface area (Å²) >= 11 is 0. The summed E-state index contributed by atoms with van der Waals surface area (Å²) in [6, 6.07) is 26.8. The van der Waals surface area contributed by atoms with E-state index in [9.17, 15) is 9.59 Å². The summed E-state index contributed by atoms with van der Waals surface area (Å²) in [5.41, 5.74) is 6.49. The van der Waals surface area contributed by atoms with Crippen molar-refractivity contribution in [3.8, 4) is 22.4 Å². The Labute approximate surface area is 342 Å². The number of aromatic nitrogens is 2. The molecule has 3 aromatic carbocycles. The van der Waals surface area contributed by atoms with Gasteiger partial charge in [0.25, 0.3) is 0 Å². The molecule has 0 radical (unpaired) electrons. The van der Waals surface area contributed by atoms with E-state index in [4.69, 9.17) is 9.98 Å². The predicted octanol–water partition coefficient (Wildman–Crippen LogP) is 6.10. The Kier molecular flexibility index (Phi) is 11.9. The molecule has 8 rings (SSSR count). The van der Waals surface area contributed by atoms with Crippen molar-refractivity contribution in [3.63, 3.8) is 0 Å². The Morgan fingerprint density at radius 2 is 1.48 bits per heavy atom. The molecule has 5 atom stereocenters. The maximum atomic E-state index is 14.2. The second-order valence-corrected chi connectivity index (χ2v) is 16.2. The van der Waals surface area contributed by atoms with Crippen LogP contribution in [0.4, 0.5) is 0 Å². The zero-order valence-corrected chi connectivity index (χ0v) is 34.3. The molecule has 2 saturated heterocycles. The maximum absolute atomic E-state index is 14.2. The molecule has 1 unspecified atom stereocenters.